The summed E-state index contributed by atoms with van der Waals surface area (Å²) < 4.78 is 13.5. The van der Waals surface area contributed by atoms with Gasteiger partial charge in [-0.3, -0.25) is 4.79 Å². The fraction of sp³-hybridized carbons (Fsp3) is 0.467. The summed E-state index contributed by atoms with van der Waals surface area (Å²) in [5.74, 6) is -1.42. The van der Waals surface area contributed by atoms with Gasteiger partial charge in [-0.25, -0.2) is 9.18 Å². The molecule has 1 saturated heterocycles. The average Bonchev–Trinajstić information content (AvgIpc) is 2.47. The maximum Gasteiger partial charge on any atom is 0.326 e. The largest absolute Gasteiger partial charge is 0.480 e. The lowest BCUT2D eigenvalue weighted by Crippen LogP contribution is -2.49. The molecule has 1 aromatic rings. The Balaban J connectivity index is 2.27. The molecule has 0 aromatic heterocycles. The normalized spacial score (nSPS) is 22.1. The second kappa shape index (κ2) is 6.47. The number of piperidine rings is 1. The summed E-state index contributed by atoms with van der Waals surface area (Å²) in [4.78, 5) is 25.7. The van der Waals surface area contributed by atoms with Crippen molar-refractivity contribution in [3.63, 3.8) is 0 Å². The predicted molar refractivity (Wildman–Crippen MR) is 79.0 cm³/mol. The van der Waals surface area contributed by atoms with E-state index < -0.39 is 12.0 Å². The average molecular weight is 311 g/mol. The number of amides is 1. The topological polar surface area (TPSA) is 57.6 Å². The molecular formula is C15H18FNO3S. The maximum absolute atomic E-state index is 13.5. The molecule has 4 nitrogen and oxygen atoms in total. The third kappa shape index (κ3) is 3.37. The van der Waals surface area contributed by atoms with E-state index in [2.05, 4.69) is 0 Å². The van der Waals surface area contributed by atoms with Crippen LogP contribution in [0.5, 0.6) is 0 Å². The highest BCUT2D eigenvalue weighted by Gasteiger charge is 2.35. The predicted octanol–water partition coefficient (Wildman–Crippen LogP) is 2.87. The molecule has 1 heterocycles. The van der Waals surface area contributed by atoms with Crippen molar-refractivity contribution in [2.75, 3.05) is 12.8 Å². The molecule has 0 saturated carbocycles. The minimum absolute atomic E-state index is 0.283. The molecule has 1 fully saturated rings. The third-order valence-corrected chi connectivity index (χ3v) is 4.56. The molecule has 2 atom stereocenters. The van der Waals surface area contributed by atoms with Crippen LogP contribution in [0.2, 0.25) is 0 Å². The molecule has 2 rings (SSSR count). The van der Waals surface area contributed by atoms with Gasteiger partial charge in [0.15, 0.2) is 0 Å². The Morgan fingerprint density at radius 1 is 1.43 bits per heavy atom. The van der Waals surface area contributed by atoms with E-state index in [-0.39, 0.29) is 17.6 Å². The van der Waals surface area contributed by atoms with Gasteiger partial charge in [0.2, 0.25) is 0 Å². The number of likely N-dealkylation sites (tertiary alicyclic amines) is 1. The van der Waals surface area contributed by atoms with E-state index in [1.165, 1.54) is 34.9 Å². The van der Waals surface area contributed by atoms with Gasteiger partial charge < -0.3 is 10.0 Å². The molecule has 1 aromatic carbocycles. The van der Waals surface area contributed by atoms with Crippen LogP contribution in [0, 0.1) is 11.7 Å². The van der Waals surface area contributed by atoms with E-state index >= 15 is 0 Å². The molecule has 114 valence electrons. The molecule has 6 heteroatoms. The van der Waals surface area contributed by atoms with Crippen LogP contribution in [0.15, 0.2) is 23.1 Å². The van der Waals surface area contributed by atoms with E-state index in [1.54, 1.807) is 6.26 Å². The van der Waals surface area contributed by atoms with E-state index in [1.807, 2.05) is 6.92 Å². The van der Waals surface area contributed by atoms with Gasteiger partial charge in [0.25, 0.3) is 5.91 Å². The van der Waals surface area contributed by atoms with Gasteiger partial charge in [-0.15, -0.1) is 11.8 Å². The summed E-state index contributed by atoms with van der Waals surface area (Å²) in [6.07, 6.45) is 2.97. The van der Waals surface area contributed by atoms with E-state index in [0.29, 0.717) is 23.4 Å². The van der Waals surface area contributed by atoms with Crippen molar-refractivity contribution in [3.8, 4) is 0 Å². The summed E-state index contributed by atoms with van der Waals surface area (Å²) in [7, 11) is 0. The monoisotopic (exact) mass is 311 g/mol. The number of carbonyl (C=O) groups excluding carboxylic acids is 1. The molecular weight excluding hydrogens is 293 g/mol. The molecule has 0 bridgehead atoms. The van der Waals surface area contributed by atoms with Crippen molar-refractivity contribution in [2.24, 2.45) is 5.92 Å². The highest BCUT2D eigenvalue weighted by molar-refractivity contribution is 7.98. The number of carbonyl (C=O) groups is 2. The zero-order chi connectivity index (χ0) is 15.6. The number of rotatable bonds is 3. The number of aliphatic carboxylic acids is 1. The SMILES string of the molecule is CSc1cc(C(=O)N2CCC(C)CC2C(=O)O)ccc1F. The quantitative estimate of drug-likeness (QED) is 0.872. The van der Waals surface area contributed by atoms with Gasteiger partial charge in [0.05, 0.1) is 0 Å². The minimum atomic E-state index is -0.984. The summed E-state index contributed by atoms with van der Waals surface area (Å²) in [6, 6.07) is 3.35. The van der Waals surface area contributed by atoms with Crippen molar-refractivity contribution in [1.29, 1.82) is 0 Å². The summed E-state index contributed by atoms with van der Waals surface area (Å²) >= 11 is 1.22. The van der Waals surface area contributed by atoms with Crippen LogP contribution in [0.3, 0.4) is 0 Å². The van der Waals surface area contributed by atoms with E-state index in [4.69, 9.17) is 0 Å². The highest BCUT2D eigenvalue weighted by atomic mass is 32.2. The molecule has 1 N–H and O–H groups in total. The van der Waals surface area contributed by atoms with Gasteiger partial charge >= 0.3 is 5.97 Å². The summed E-state index contributed by atoms with van der Waals surface area (Å²) in [5.41, 5.74) is 0.335. The lowest BCUT2D eigenvalue weighted by molar-refractivity contribution is -0.144. The fourth-order valence-corrected chi connectivity index (χ4v) is 3.09. The summed E-state index contributed by atoms with van der Waals surface area (Å²) in [5, 5.41) is 9.31. The zero-order valence-corrected chi connectivity index (χ0v) is 12.8. The molecule has 0 spiro atoms. The molecule has 2 unspecified atom stereocenters. The number of carboxylic acid groups (broad SMARTS) is 1. The van der Waals surface area contributed by atoms with E-state index in [0.717, 1.165) is 6.42 Å². The van der Waals surface area contributed by atoms with Crippen LogP contribution >= 0.6 is 11.8 Å². The van der Waals surface area contributed by atoms with Gasteiger partial charge in [-0.2, -0.15) is 0 Å². The number of benzene rings is 1. The molecule has 1 aliphatic heterocycles. The first-order valence-corrected chi connectivity index (χ1v) is 8.03. The second-order valence-electron chi connectivity index (χ2n) is 5.33. The smallest absolute Gasteiger partial charge is 0.326 e. The zero-order valence-electron chi connectivity index (χ0n) is 12.0. The molecule has 21 heavy (non-hydrogen) atoms. The third-order valence-electron chi connectivity index (χ3n) is 3.81. The lowest BCUT2D eigenvalue weighted by Gasteiger charge is -2.36. The number of nitrogens with zero attached hydrogens (tertiary/aromatic N) is 1. The second-order valence-corrected chi connectivity index (χ2v) is 6.18. The Labute approximate surface area is 127 Å². The standard InChI is InChI=1S/C15H18FNO3S/c1-9-5-6-17(12(7-9)15(19)20)14(18)10-3-4-11(16)13(8-10)21-2/h3-4,8-9,12H,5-7H2,1-2H3,(H,19,20). The van der Waals surface area contributed by atoms with Crippen LogP contribution in [0.4, 0.5) is 4.39 Å². The molecule has 0 aliphatic carbocycles. The number of thioether (sulfide) groups is 1. The van der Waals surface area contributed by atoms with Gasteiger partial charge in [0.1, 0.15) is 11.9 Å². The van der Waals surface area contributed by atoms with Crippen LogP contribution in [-0.4, -0.2) is 40.7 Å². The van der Waals surface area contributed by atoms with Crippen LogP contribution in [0.1, 0.15) is 30.1 Å². The van der Waals surface area contributed by atoms with Gasteiger partial charge in [0, 0.05) is 17.0 Å². The first-order chi connectivity index (χ1) is 9.93. The Kier molecular flexibility index (Phi) is 4.88. The highest BCUT2D eigenvalue weighted by Crippen LogP contribution is 2.26. The van der Waals surface area contributed by atoms with E-state index in [9.17, 15) is 19.1 Å². The number of hydrogen-bond acceptors (Lipinski definition) is 3. The molecule has 0 radical (unpaired) electrons. The van der Waals surface area contributed by atoms with Gasteiger partial charge in [-0.1, -0.05) is 6.92 Å². The summed E-state index contributed by atoms with van der Waals surface area (Å²) in [6.45, 7) is 2.41. The van der Waals surface area contributed by atoms with Gasteiger partial charge in [-0.05, 0) is 43.2 Å². The Hall–Kier alpha value is -1.56. The van der Waals surface area contributed by atoms with Crippen molar-refractivity contribution in [3.05, 3.63) is 29.6 Å². The molecule has 1 amide bonds. The lowest BCUT2D eigenvalue weighted by atomic mass is 9.92. The maximum atomic E-state index is 13.5. The van der Waals surface area contributed by atoms with Crippen molar-refractivity contribution in [1.82, 2.24) is 4.90 Å². The van der Waals surface area contributed by atoms with Crippen molar-refractivity contribution >= 4 is 23.6 Å². The Bertz CT molecular complexity index is 564. The minimum Gasteiger partial charge on any atom is -0.480 e. The molecule has 1 aliphatic rings. The first kappa shape index (κ1) is 15.8. The first-order valence-electron chi connectivity index (χ1n) is 6.81. The van der Waals surface area contributed by atoms with Crippen LogP contribution in [0.25, 0.3) is 0 Å². The van der Waals surface area contributed by atoms with Crippen LogP contribution < -0.4 is 0 Å². The van der Waals surface area contributed by atoms with Crippen molar-refractivity contribution in [2.45, 2.75) is 30.7 Å². The Morgan fingerprint density at radius 2 is 2.14 bits per heavy atom. The fourth-order valence-electron chi connectivity index (χ4n) is 2.58. The Morgan fingerprint density at radius 3 is 2.76 bits per heavy atom. The number of carboxylic acids is 1. The number of hydrogen-bond donors (Lipinski definition) is 1. The van der Waals surface area contributed by atoms with Crippen molar-refractivity contribution < 1.29 is 19.1 Å². The van der Waals surface area contributed by atoms with Crippen LogP contribution in [-0.2, 0) is 4.79 Å². The number of halogens is 1.